The summed E-state index contributed by atoms with van der Waals surface area (Å²) in [7, 11) is 0. The van der Waals surface area contributed by atoms with Gasteiger partial charge in [0.2, 0.25) is 11.9 Å². The zero-order valence-electron chi connectivity index (χ0n) is 18.2. The summed E-state index contributed by atoms with van der Waals surface area (Å²) in [5.41, 5.74) is 4.72. The Morgan fingerprint density at radius 1 is 1.09 bits per heavy atom. The zero-order chi connectivity index (χ0) is 22.8. The third-order valence-corrected chi connectivity index (χ3v) is 7.38. The number of anilines is 1. The summed E-state index contributed by atoms with van der Waals surface area (Å²) in [6.07, 6.45) is 0. The third kappa shape index (κ3) is 4.60. The molecule has 0 unspecified atom stereocenters. The van der Waals surface area contributed by atoms with Crippen LogP contribution in [0.1, 0.15) is 27.3 Å². The molecule has 5 rings (SSSR count). The average molecular weight is 479 g/mol. The van der Waals surface area contributed by atoms with Crippen LogP contribution in [-0.2, 0) is 6.54 Å². The SMILES string of the molecule is Cc1cc(C(=O)CSc2nnc(NCc3ccccc3)s2)c(C)n1-c1ccc2c(c1)OCO2. The zero-order valence-corrected chi connectivity index (χ0v) is 19.8. The van der Waals surface area contributed by atoms with E-state index in [4.69, 9.17) is 9.47 Å². The van der Waals surface area contributed by atoms with Crippen molar-refractivity contribution in [2.24, 2.45) is 0 Å². The lowest BCUT2D eigenvalue weighted by molar-refractivity contribution is 0.102. The Morgan fingerprint density at radius 2 is 1.91 bits per heavy atom. The number of carbonyl (C=O) groups excluding carboxylic acids is 1. The number of nitrogens with zero attached hydrogens (tertiary/aromatic N) is 3. The number of hydrogen-bond acceptors (Lipinski definition) is 8. The number of aryl methyl sites for hydroxylation is 1. The highest BCUT2D eigenvalue weighted by molar-refractivity contribution is 8.01. The first kappa shape index (κ1) is 21.5. The highest BCUT2D eigenvalue weighted by atomic mass is 32.2. The highest BCUT2D eigenvalue weighted by Crippen LogP contribution is 2.35. The molecule has 1 N–H and O–H groups in total. The van der Waals surface area contributed by atoms with Crippen molar-refractivity contribution in [2.45, 2.75) is 24.7 Å². The molecule has 0 amide bonds. The van der Waals surface area contributed by atoms with E-state index < -0.39 is 0 Å². The quantitative estimate of drug-likeness (QED) is 0.273. The summed E-state index contributed by atoms with van der Waals surface area (Å²) in [6, 6.07) is 17.9. The van der Waals surface area contributed by atoms with Gasteiger partial charge in [-0.15, -0.1) is 10.2 Å². The summed E-state index contributed by atoms with van der Waals surface area (Å²) in [6.45, 7) is 4.88. The molecule has 9 heteroatoms. The molecule has 0 spiro atoms. The van der Waals surface area contributed by atoms with Crippen molar-refractivity contribution in [2.75, 3.05) is 17.9 Å². The molecule has 0 saturated heterocycles. The molecule has 1 aliphatic heterocycles. The molecule has 4 aromatic rings. The number of thioether (sulfide) groups is 1. The predicted octanol–water partition coefficient (Wildman–Crippen LogP) is 5.26. The van der Waals surface area contributed by atoms with Crippen LogP contribution in [-0.4, -0.2) is 33.1 Å². The van der Waals surface area contributed by atoms with Gasteiger partial charge in [0.25, 0.3) is 0 Å². The summed E-state index contributed by atoms with van der Waals surface area (Å²) in [5.74, 6) is 1.83. The lowest BCUT2D eigenvalue weighted by atomic mass is 10.2. The average Bonchev–Trinajstić information content (AvgIpc) is 3.55. The minimum Gasteiger partial charge on any atom is -0.454 e. The van der Waals surface area contributed by atoms with E-state index in [1.54, 1.807) is 0 Å². The minimum atomic E-state index is 0.0640. The highest BCUT2D eigenvalue weighted by Gasteiger charge is 2.20. The molecule has 168 valence electrons. The number of Topliss-reactive ketones (excluding diaryl/α,β-unsaturated/α-hetero) is 1. The number of rotatable bonds is 8. The van der Waals surface area contributed by atoms with E-state index >= 15 is 0 Å². The van der Waals surface area contributed by atoms with Gasteiger partial charge in [-0.2, -0.15) is 0 Å². The summed E-state index contributed by atoms with van der Waals surface area (Å²) < 4.78 is 13.7. The first-order chi connectivity index (χ1) is 16.1. The molecule has 1 aliphatic rings. The first-order valence-electron chi connectivity index (χ1n) is 10.4. The van der Waals surface area contributed by atoms with Crippen LogP contribution in [0.2, 0.25) is 0 Å². The number of carbonyl (C=O) groups is 1. The number of aromatic nitrogens is 3. The van der Waals surface area contributed by atoms with Gasteiger partial charge in [0.15, 0.2) is 21.6 Å². The van der Waals surface area contributed by atoms with Gasteiger partial charge in [0.1, 0.15) is 0 Å². The molecular formula is C24H22N4O3S2. The van der Waals surface area contributed by atoms with E-state index in [-0.39, 0.29) is 12.6 Å². The molecule has 2 aromatic heterocycles. The molecule has 0 atom stereocenters. The Balaban J connectivity index is 1.24. The van der Waals surface area contributed by atoms with Crippen molar-refractivity contribution >= 4 is 34.0 Å². The van der Waals surface area contributed by atoms with E-state index in [1.165, 1.54) is 28.7 Å². The fraction of sp³-hybridized carbons (Fsp3) is 0.208. The number of ketones is 1. The van der Waals surface area contributed by atoms with Crippen molar-refractivity contribution in [3.05, 3.63) is 77.1 Å². The molecule has 0 fully saturated rings. The Bertz CT molecular complexity index is 1300. The van der Waals surface area contributed by atoms with Crippen LogP contribution in [0.15, 0.2) is 58.9 Å². The van der Waals surface area contributed by atoms with Gasteiger partial charge in [-0.1, -0.05) is 53.4 Å². The molecule has 7 nitrogen and oxygen atoms in total. The molecule has 0 saturated carbocycles. The van der Waals surface area contributed by atoms with Gasteiger partial charge in [0.05, 0.1) is 5.75 Å². The Hall–Kier alpha value is -3.30. The molecule has 0 aliphatic carbocycles. The normalized spacial score (nSPS) is 12.2. The smallest absolute Gasteiger partial charge is 0.231 e. The van der Waals surface area contributed by atoms with Gasteiger partial charge >= 0.3 is 0 Å². The van der Waals surface area contributed by atoms with E-state index in [2.05, 4.69) is 32.2 Å². The van der Waals surface area contributed by atoms with Gasteiger partial charge < -0.3 is 19.4 Å². The van der Waals surface area contributed by atoms with Crippen LogP contribution < -0.4 is 14.8 Å². The third-order valence-electron chi connectivity index (χ3n) is 5.37. The van der Waals surface area contributed by atoms with E-state index in [1.807, 2.05) is 56.3 Å². The molecular weight excluding hydrogens is 456 g/mol. The second-order valence-corrected chi connectivity index (χ2v) is 9.78. The summed E-state index contributed by atoms with van der Waals surface area (Å²) in [4.78, 5) is 13.0. The standard InChI is InChI=1S/C24H22N4O3S2/c1-15-10-19(16(2)28(15)18-8-9-21-22(11-18)31-14-30-21)20(29)13-32-24-27-26-23(33-24)25-12-17-6-4-3-5-7-17/h3-11H,12-14H2,1-2H3,(H,25,26). The van der Waals surface area contributed by atoms with Crippen LogP contribution in [0, 0.1) is 13.8 Å². The first-order valence-corrected chi connectivity index (χ1v) is 12.2. The maximum absolute atomic E-state index is 13.0. The fourth-order valence-electron chi connectivity index (χ4n) is 3.78. The van der Waals surface area contributed by atoms with Gasteiger partial charge in [-0.05, 0) is 37.6 Å². The maximum atomic E-state index is 13.0. The van der Waals surface area contributed by atoms with Crippen LogP contribution >= 0.6 is 23.1 Å². The second-order valence-electron chi connectivity index (χ2n) is 7.58. The Morgan fingerprint density at radius 3 is 2.76 bits per heavy atom. The lowest BCUT2D eigenvalue weighted by Gasteiger charge is -2.10. The molecule has 0 radical (unpaired) electrons. The number of hydrogen-bond donors (Lipinski definition) is 1. The van der Waals surface area contributed by atoms with E-state index in [0.29, 0.717) is 17.9 Å². The monoisotopic (exact) mass is 478 g/mol. The van der Waals surface area contributed by atoms with Gasteiger partial charge in [-0.3, -0.25) is 4.79 Å². The predicted molar refractivity (Wildman–Crippen MR) is 130 cm³/mol. The molecule has 3 heterocycles. The number of nitrogens with one attached hydrogen (secondary N) is 1. The van der Waals surface area contributed by atoms with Crippen LogP contribution in [0.3, 0.4) is 0 Å². The van der Waals surface area contributed by atoms with Crippen molar-refractivity contribution in [1.29, 1.82) is 0 Å². The van der Waals surface area contributed by atoms with Crippen LogP contribution in [0.4, 0.5) is 5.13 Å². The molecule has 2 aromatic carbocycles. The molecule has 33 heavy (non-hydrogen) atoms. The minimum absolute atomic E-state index is 0.0640. The Labute approximate surface area is 199 Å². The van der Waals surface area contributed by atoms with Crippen molar-refractivity contribution < 1.29 is 14.3 Å². The topological polar surface area (TPSA) is 78.3 Å². The van der Waals surface area contributed by atoms with Gasteiger partial charge in [-0.25, -0.2) is 0 Å². The number of ether oxygens (including phenoxy) is 2. The second kappa shape index (κ2) is 9.29. The van der Waals surface area contributed by atoms with Crippen molar-refractivity contribution in [1.82, 2.24) is 14.8 Å². The summed E-state index contributed by atoms with van der Waals surface area (Å²) >= 11 is 2.87. The van der Waals surface area contributed by atoms with Crippen LogP contribution in [0.5, 0.6) is 11.5 Å². The van der Waals surface area contributed by atoms with Crippen molar-refractivity contribution in [3.8, 4) is 17.2 Å². The van der Waals surface area contributed by atoms with Crippen molar-refractivity contribution in [3.63, 3.8) is 0 Å². The molecule has 0 bridgehead atoms. The van der Waals surface area contributed by atoms with Gasteiger partial charge in [0, 0.05) is 35.2 Å². The number of benzene rings is 2. The van der Waals surface area contributed by atoms with E-state index in [0.717, 1.165) is 38.0 Å². The Kier molecular flexibility index (Phi) is 6.06. The largest absolute Gasteiger partial charge is 0.454 e. The van der Waals surface area contributed by atoms with E-state index in [9.17, 15) is 4.79 Å². The fourth-order valence-corrected chi connectivity index (χ4v) is 5.42. The summed E-state index contributed by atoms with van der Waals surface area (Å²) in [5, 5.41) is 12.4. The van der Waals surface area contributed by atoms with Crippen LogP contribution in [0.25, 0.3) is 5.69 Å². The number of fused-ring (bicyclic) bond motifs is 1. The lowest BCUT2D eigenvalue weighted by Crippen LogP contribution is -2.05. The maximum Gasteiger partial charge on any atom is 0.231 e.